The Hall–Kier alpha value is -3.62. The minimum absolute atomic E-state index is 0.0968. The topological polar surface area (TPSA) is 127 Å². The summed E-state index contributed by atoms with van der Waals surface area (Å²) in [5.74, 6) is -0.950. The van der Waals surface area contributed by atoms with Crippen LogP contribution in [0.25, 0.3) is 0 Å². The van der Waals surface area contributed by atoms with Crippen molar-refractivity contribution in [2.75, 3.05) is 5.32 Å². The number of amides is 2. The number of aromatic nitrogens is 1. The third kappa shape index (κ3) is 6.31. The highest BCUT2D eigenvalue weighted by molar-refractivity contribution is 5.95. The van der Waals surface area contributed by atoms with Crippen molar-refractivity contribution in [1.82, 2.24) is 10.4 Å². The number of carbonyl (C=O) groups is 2. The van der Waals surface area contributed by atoms with E-state index in [1.807, 2.05) is 19.1 Å². The molecule has 140 valence electrons. The Labute approximate surface area is 155 Å². The van der Waals surface area contributed by atoms with Crippen molar-refractivity contribution in [3.8, 4) is 0 Å². The van der Waals surface area contributed by atoms with E-state index in [2.05, 4.69) is 20.8 Å². The van der Waals surface area contributed by atoms with E-state index in [0.717, 1.165) is 5.69 Å². The average Bonchev–Trinajstić information content (AvgIpc) is 2.61. The molecule has 0 fully saturated rings. The zero-order valence-corrected chi connectivity index (χ0v) is 14.9. The Bertz CT molecular complexity index is 895. The summed E-state index contributed by atoms with van der Waals surface area (Å²) in [6.45, 7) is 3.56. The van der Waals surface area contributed by atoms with Gasteiger partial charge in [0.25, 0.3) is 5.69 Å². The molecule has 0 spiro atoms. The van der Waals surface area contributed by atoms with Gasteiger partial charge in [-0.15, -0.1) is 0 Å². The number of benzene rings is 1. The van der Waals surface area contributed by atoms with Crippen LogP contribution in [-0.2, 0) is 9.59 Å². The van der Waals surface area contributed by atoms with Gasteiger partial charge in [0.05, 0.1) is 16.8 Å². The second-order valence-electron chi connectivity index (χ2n) is 5.82. The smallest absolute Gasteiger partial charge is 0.293 e. The number of carbonyl (C=O) groups excluding carboxylic acids is 2. The summed E-state index contributed by atoms with van der Waals surface area (Å²) in [6.07, 6.45) is 1.17. The van der Waals surface area contributed by atoms with Gasteiger partial charge in [0.2, 0.25) is 11.8 Å². The van der Waals surface area contributed by atoms with Crippen LogP contribution in [0.3, 0.4) is 0 Å². The molecule has 0 atom stereocenters. The fraction of sp³-hybridized carbons (Fsp3) is 0.222. The lowest BCUT2D eigenvalue weighted by atomic mass is 10.2. The van der Waals surface area contributed by atoms with Crippen molar-refractivity contribution in [2.24, 2.45) is 5.10 Å². The molecule has 1 aromatic heterocycles. The Morgan fingerprint density at radius 1 is 1.19 bits per heavy atom. The minimum Gasteiger partial charge on any atom is -0.320 e. The molecular weight excluding hydrogens is 350 g/mol. The zero-order valence-electron chi connectivity index (χ0n) is 14.9. The summed E-state index contributed by atoms with van der Waals surface area (Å²) >= 11 is 0. The summed E-state index contributed by atoms with van der Waals surface area (Å²) < 4.78 is 0. The van der Waals surface area contributed by atoms with Gasteiger partial charge in [-0.05, 0) is 37.6 Å². The Kier molecular flexibility index (Phi) is 6.70. The zero-order chi connectivity index (χ0) is 19.8. The molecule has 1 aromatic carbocycles. The molecule has 0 unspecified atom stereocenters. The van der Waals surface area contributed by atoms with Gasteiger partial charge < -0.3 is 5.32 Å². The van der Waals surface area contributed by atoms with E-state index in [1.165, 1.54) is 18.3 Å². The van der Waals surface area contributed by atoms with Crippen molar-refractivity contribution < 1.29 is 14.5 Å². The molecule has 2 amide bonds. The Morgan fingerprint density at radius 3 is 2.63 bits per heavy atom. The normalized spacial score (nSPS) is 10.6. The van der Waals surface area contributed by atoms with Crippen LogP contribution in [-0.4, -0.2) is 27.9 Å². The molecule has 27 heavy (non-hydrogen) atoms. The first-order valence-corrected chi connectivity index (χ1v) is 8.15. The minimum atomic E-state index is -0.566. The predicted molar refractivity (Wildman–Crippen MR) is 100 cm³/mol. The predicted octanol–water partition coefficient (Wildman–Crippen LogP) is 2.48. The third-order valence-corrected chi connectivity index (χ3v) is 3.50. The van der Waals surface area contributed by atoms with Crippen molar-refractivity contribution in [3.63, 3.8) is 0 Å². The first-order valence-electron chi connectivity index (χ1n) is 8.15. The number of nitrogens with zero attached hydrogens (tertiary/aromatic N) is 3. The number of rotatable bonds is 7. The lowest BCUT2D eigenvalue weighted by Crippen LogP contribution is -2.21. The largest absolute Gasteiger partial charge is 0.320 e. The molecule has 9 heteroatoms. The summed E-state index contributed by atoms with van der Waals surface area (Å²) in [4.78, 5) is 38.4. The maximum atomic E-state index is 11.9. The molecule has 2 N–H and O–H groups in total. The quantitative estimate of drug-likeness (QED) is 0.440. The Morgan fingerprint density at radius 2 is 1.93 bits per heavy atom. The lowest BCUT2D eigenvalue weighted by Gasteiger charge is -2.06. The van der Waals surface area contributed by atoms with E-state index in [0.29, 0.717) is 11.3 Å². The number of nitrogens with one attached hydrogen (secondary N) is 2. The van der Waals surface area contributed by atoms with Crippen molar-refractivity contribution in [1.29, 1.82) is 0 Å². The number of nitro groups is 1. The van der Waals surface area contributed by atoms with E-state index in [4.69, 9.17) is 0 Å². The van der Waals surface area contributed by atoms with Crippen LogP contribution in [0.2, 0.25) is 0 Å². The monoisotopic (exact) mass is 369 g/mol. The summed E-state index contributed by atoms with van der Waals surface area (Å²) in [5.41, 5.74) is 4.35. The molecule has 0 aliphatic carbocycles. The number of hydrogen-bond acceptors (Lipinski definition) is 6. The maximum absolute atomic E-state index is 11.9. The SMILES string of the molecule is Cc1ccc(NC(=O)CCC(=O)NN=Cc2cccc(C)n2)c([N+](=O)[O-])c1. The highest BCUT2D eigenvalue weighted by Crippen LogP contribution is 2.25. The van der Waals surface area contributed by atoms with E-state index >= 15 is 0 Å². The van der Waals surface area contributed by atoms with Crippen molar-refractivity contribution >= 4 is 29.4 Å². The van der Waals surface area contributed by atoms with E-state index in [1.54, 1.807) is 19.1 Å². The van der Waals surface area contributed by atoms with Gasteiger partial charge in [0, 0.05) is 24.6 Å². The second-order valence-corrected chi connectivity index (χ2v) is 5.82. The second kappa shape index (κ2) is 9.18. The average molecular weight is 369 g/mol. The molecule has 1 heterocycles. The van der Waals surface area contributed by atoms with Gasteiger partial charge in [-0.3, -0.25) is 24.7 Å². The molecule has 0 saturated heterocycles. The van der Waals surface area contributed by atoms with Crippen LogP contribution in [0.15, 0.2) is 41.5 Å². The first-order chi connectivity index (χ1) is 12.8. The molecule has 0 bridgehead atoms. The fourth-order valence-corrected chi connectivity index (χ4v) is 2.20. The molecule has 0 radical (unpaired) electrons. The van der Waals surface area contributed by atoms with Gasteiger partial charge in [0.15, 0.2) is 0 Å². The first kappa shape index (κ1) is 19.7. The number of nitro benzene ring substituents is 1. The van der Waals surface area contributed by atoms with Gasteiger partial charge in [-0.25, -0.2) is 5.43 Å². The number of pyridine rings is 1. The van der Waals surface area contributed by atoms with Crippen LogP contribution in [0.5, 0.6) is 0 Å². The number of aryl methyl sites for hydroxylation is 2. The van der Waals surface area contributed by atoms with E-state index < -0.39 is 16.7 Å². The Balaban J connectivity index is 1.83. The summed E-state index contributed by atoms with van der Waals surface area (Å²) in [5, 5.41) is 17.3. The van der Waals surface area contributed by atoms with Crippen LogP contribution in [0.1, 0.15) is 29.8 Å². The van der Waals surface area contributed by atoms with Crippen molar-refractivity contribution in [2.45, 2.75) is 26.7 Å². The lowest BCUT2D eigenvalue weighted by molar-refractivity contribution is -0.384. The summed E-state index contributed by atoms with van der Waals surface area (Å²) in [6, 6.07) is 9.89. The summed E-state index contributed by atoms with van der Waals surface area (Å²) in [7, 11) is 0. The van der Waals surface area contributed by atoms with Gasteiger partial charge in [0.1, 0.15) is 5.69 Å². The maximum Gasteiger partial charge on any atom is 0.293 e. The highest BCUT2D eigenvalue weighted by Gasteiger charge is 2.16. The molecule has 0 aliphatic heterocycles. The van der Waals surface area contributed by atoms with Crippen LogP contribution >= 0.6 is 0 Å². The molecule has 2 aromatic rings. The standard InChI is InChI=1S/C18H19N5O4/c1-12-6-7-15(16(10-12)23(26)27)21-17(24)8-9-18(25)22-19-11-14-5-3-4-13(2)20-14/h3-7,10-11H,8-9H2,1-2H3,(H,21,24)(H,22,25). The van der Waals surface area contributed by atoms with Crippen LogP contribution in [0, 0.1) is 24.0 Å². The number of hydrazone groups is 1. The van der Waals surface area contributed by atoms with E-state index in [9.17, 15) is 19.7 Å². The molecule has 0 saturated carbocycles. The number of hydrogen-bond donors (Lipinski definition) is 2. The van der Waals surface area contributed by atoms with Gasteiger partial charge in [-0.1, -0.05) is 12.1 Å². The molecule has 9 nitrogen and oxygen atoms in total. The fourth-order valence-electron chi connectivity index (χ4n) is 2.20. The third-order valence-electron chi connectivity index (χ3n) is 3.50. The van der Waals surface area contributed by atoms with Crippen LogP contribution in [0.4, 0.5) is 11.4 Å². The van der Waals surface area contributed by atoms with E-state index in [-0.39, 0.29) is 24.2 Å². The van der Waals surface area contributed by atoms with Crippen LogP contribution < -0.4 is 10.7 Å². The number of anilines is 1. The highest BCUT2D eigenvalue weighted by atomic mass is 16.6. The van der Waals surface area contributed by atoms with Crippen molar-refractivity contribution in [3.05, 3.63) is 63.5 Å². The van der Waals surface area contributed by atoms with Gasteiger partial charge in [-0.2, -0.15) is 5.10 Å². The molecule has 0 aliphatic rings. The molecular formula is C18H19N5O4. The molecule has 2 rings (SSSR count). The van der Waals surface area contributed by atoms with Gasteiger partial charge >= 0.3 is 0 Å².